The van der Waals surface area contributed by atoms with Crippen molar-refractivity contribution in [3.63, 3.8) is 0 Å². The summed E-state index contributed by atoms with van der Waals surface area (Å²) < 4.78 is 37.0. The lowest BCUT2D eigenvalue weighted by Gasteiger charge is -2.04. The number of alkyl halides is 3. The third kappa shape index (κ3) is 2.09. The fraction of sp³-hybridized carbons (Fsp3) is 0.375. The number of allylic oxidation sites excluding steroid dienone is 1. The Morgan fingerprint density at radius 1 is 1.46 bits per heavy atom. The molecule has 1 nitrogen and oxygen atoms in total. The SMILES string of the molecule is C=C(C)c1sc(C)nc1C(F)(F)F. The van der Waals surface area contributed by atoms with Crippen molar-refractivity contribution in [2.24, 2.45) is 0 Å². The van der Waals surface area contributed by atoms with Crippen molar-refractivity contribution in [2.75, 3.05) is 0 Å². The van der Waals surface area contributed by atoms with E-state index in [1.807, 2.05) is 0 Å². The van der Waals surface area contributed by atoms with Crippen LogP contribution in [0.2, 0.25) is 0 Å². The van der Waals surface area contributed by atoms with Crippen LogP contribution >= 0.6 is 11.3 Å². The van der Waals surface area contributed by atoms with Gasteiger partial charge in [0, 0.05) is 0 Å². The number of rotatable bonds is 1. The van der Waals surface area contributed by atoms with Crippen molar-refractivity contribution in [2.45, 2.75) is 20.0 Å². The molecule has 0 unspecified atom stereocenters. The first-order valence-electron chi connectivity index (χ1n) is 3.53. The van der Waals surface area contributed by atoms with Gasteiger partial charge in [-0.25, -0.2) is 4.98 Å². The Morgan fingerprint density at radius 3 is 2.31 bits per heavy atom. The summed E-state index contributed by atoms with van der Waals surface area (Å²) in [5.74, 6) is 0. The van der Waals surface area contributed by atoms with Crippen LogP contribution in [0, 0.1) is 6.92 Å². The molecule has 0 bridgehead atoms. The lowest BCUT2D eigenvalue weighted by Crippen LogP contribution is -2.07. The Kier molecular flexibility index (Phi) is 2.47. The highest BCUT2D eigenvalue weighted by Crippen LogP contribution is 2.36. The van der Waals surface area contributed by atoms with Crippen molar-refractivity contribution >= 4 is 16.9 Å². The molecule has 72 valence electrons. The average Bonchev–Trinajstić information content (AvgIpc) is 2.29. The number of thiazole rings is 1. The maximum absolute atomic E-state index is 12.3. The summed E-state index contributed by atoms with van der Waals surface area (Å²) >= 11 is 1.02. The smallest absolute Gasteiger partial charge is 0.236 e. The summed E-state index contributed by atoms with van der Waals surface area (Å²) in [5.41, 5.74) is -0.416. The molecule has 0 atom stereocenters. The number of aryl methyl sites for hydroxylation is 1. The maximum Gasteiger partial charge on any atom is 0.434 e. The molecule has 1 heterocycles. The van der Waals surface area contributed by atoms with Crippen LogP contribution in [0.1, 0.15) is 22.5 Å². The van der Waals surface area contributed by atoms with Gasteiger partial charge >= 0.3 is 6.18 Å². The van der Waals surface area contributed by atoms with Crippen LogP contribution in [0.5, 0.6) is 0 Å². The molecular weight excluding hydrogens is 199 g/mol. The van der Waals surface area contributed by atoms with Crippen LogP contribution in [-0.4, -0.2) is 4.98 Å². The van der Waals surface area contributed by atoms with Crippen molar-refractivity contribution in [1.82, 2.24) is 4.98 Å². The van der Waals surface area contributed by atoms with Gasteiger partial charge in [0.15, 0.2) is 5.69 Å². The van der Waals surface area contributed by atoms with Gasteiger partial charge in [-0.15, -0.1) is 11.3 Å². The minimum atomic E-state index is -4.38. The summed E-state index contributed by atoms with van der Waals surface area (Å²) in [4.78, 5) is 3.57. The van der Waals surface area contributed by atoms with Gasteiger partial charge in [0.25, 0.3) is 0 Å². The summed E-state index contributed by atoms with van der Waals surface area (Å²) in [6.07, 6.45) is -4.38. The highest BCUT2D eigenvalue weighted by Gasteiger charge is 2.37. The number of nitrogens with zero attached hydrogens (tertiary/aromatic N) is 1. The zero-order chi connectivity index (χ0) is 10.2. The Morgan fingerprint density at radius 2 is 2.00 bits per heavy atom. The van der Waals surface area contributed by atoms with Crippen molar-refractivity contribution in [3.8, 4) is 0 Å². The van der Waals surface area contributed by atoms with Gasteiger partial charge in [-0.05, 0) is 19.4 Å². The van der Waals surface area contributed by atoms with Gasteiger partial charge in [0.2, 0.25) is 0 Å². The summed E-state index contributed by atoms with van der Waals surface area (Å²) in [7, 11) is 0. The maximum atomic E-state index is 12.3. The zero-order valence-corrected chi connectivity index (χ0v) is 8.01. The highest BCUT2D eigenvalue weighted by atomic mass is 32.1. The molecule has 1 aromatic heterocycles. The van der Waals surface area contributed by atoms with Crippen molar-refractivity contribution < 1.29 is 13.2 Å². The molecule has 0 amide bonds. The van der Waals surface area contributed by atoms with E-state index < -0.39 is 11.9 Å². The van der Waals surface area contributed by atoms with E-state index in [-0.39, 0.29) is 4.88 Å². The van der Waals surface area contributed by atoms with Gasteiger partial charge in [-0.1, -0.05) is 6.58 Å². The van der Waals surface area contributed by atoms with E-state index in [0.717, 1.165) is 11.3 Å². The van der Waals surface area contributed by atoms with Crippen LogP contribution in [0.4, 0.5) is 13.2 Å². The Hall–Kier alpha value is -0.840. The summed E-state index contributed by atoms with van der Waals surface area (Å²) in [6, 6.07) is 0. The number of hydrogen-bond acceptors (Lipinski definition) is 2. The van der Waals surface area contributed by atoms with E-state index in [1.165, 1.54) is 0 Å². The lowest BCUT2D eigenvalue weighted by atomic mass is 10.2. The Balaban J connectivity index is 3.28. The third-order valence-corrected chi connectivity index (χ3v) is 2.52. The van der Waals surface area contributed by atoms with Crippen molar-refractivity contribution in [3.05, 3.63) is 22.2 Å². The van der Waals surface area contributed by atoms with Crippen LogP contribution in [0.25, 0.3) is 5.57 Å². The normalized spacial score (nSPS) is 11.8. The predicted molar refractivity (Wildman–Crippen MR) is 46.6 cm³/mol. The quantitative estimate of drug-likeness (QED) is 0.686. The van der Waals surface area contributed by atoms with Crippen LogP contribution in [-0.2, 0) is 6.18 Å². The molecule has 0 aliphatic heterocycles. The molecule has 13 heavy (non-hydrogen) atoms. The Bertz CT molecular complexity index is 338. The molecule has 0 saturated heterocycles. The molecule has 0 spiro atoms. The molecule has 0 radical (unpaired) electrons. The van der Waals surface area contributed by atoms with Crippen LogP contribution in [0.3, 0.4) is 0 Å². The third-order valence-electron chi connectivity index (χ3n) is 1.39. The first-order chi connectivity index (χ1) is 5.82. The van der Waals surface area contributed by atoms with Crippen LogP contribution in [0.15, 0.2) is 6.58 Å². The fourth-order valence-corrected chi connectivity index (χ4v) is 1.77. The minimum absolute atomic E-state index is 0.130. The molecule has 1 rings (SSSR count). The van der Waals surface area contributed by atoms with Gasteiger partial charge in [-0.2, -0.15) is 13.2 Å². The monoisotopic (exact) mass is 207 g/mol. The second-order valence-corrected chi connectivity index (χ2v) is 3.89. The average molecular weight is 207 g/mol. The number of halogens is 3. The molecule has 0 N–H and O–H groups in total. The van der Waals surface area contributed by atoms with E-state index in [2.05, 4.69) is 11.6 Å². The van der Waals surface area contributed by atoms with E-state index in [0.29, 0.717) is 10.6 Å². The number of aromatic nitrogens is 1. The zero-order valence-electron chi connectivity index (χ0n) is 7.20. The molecule has 0 aliphatic carbocycles. The van der Waals surface area contributed by atoms with E-state index in [9.17, 15) is 13.2 Å². The molecular formula is C8H8F3NS. The van der Waals surface area contributed by atoms with Gasteiger partial charge in [-0.3, -0.25) is 0 Å². The topological polar surface area (TPSA) is 12.9 Å². The molecule has 5 heteroatoms. The lowest BCUT2D eigenvalue weighted by molar-refractivity contribution is -0.141. The molecule has 0 aromatic carbocycles. The molecule has 0 fully saturated rings. The molecule has 0 aliphatic rings. The second-order valence-electron chi connectivity index (χ2n) is 2.69. The highest BCUT2D eigenvalue weighted by molar-refractivity contribution is 7.12. The van der Waals surface area contributed by atoms with Crippen LogP contribution < -0.4 is 0 Å². The Labute approximate surface area is 77.9 Å². The van der Waals surface area contributed by atoms with Gasteiger partial charge in [0.05, 0.1) is 9.88 Å². The van der Waals surface area contributed by atoms with Crippen molar-refractivity contribution in [1.29, 1.82) is 0 Å². The van der Waals surface area contributed by atoms with Gasteiger partial charge < -0.3 is 0 Å². The summed E-state index contributed by atoms with van der Waals surface area (Å²) in [5, 5.41) is 0.408. The number of hydrogen-bond donors (Lipinski definition) is 0. The predicted octanol–water partition coefficient (Wildman–Crippen LogP) is 3.50. The second kappa shape index (κ2) is 3.14. The summed E-state index contributed by atoms with van der Waals surface area (Å²) in [6.45, 7) is 6.58. The minimum Gasteiger partial charge on any atom is -0.236 e. The standard InChI is InChI=1S/C8H8F3NS/c1-4(2)6-7(8(9,10)11)12-5(3)13-6/h1H2,2-3H3. The first-order valence-corrected chi connectivity index (χ1v) is 4.34. The van der Waals surface area contributed by atoms with E-state index >= 15 is 0 Å². The van der Waals surface area contributed by atoms with E-state index in [4.69, 9.17) is 0 Å². The molecule has 0 saturated carbocycles. The van der Waals surface area contributed by atoms with E-state index in [1.54, 1.807) is 13.8 Å². The fourth-order valence-electron chi connectivity index (χ4n) is 0.908. The first kappa shape index (κ1) is 10.2. The largest absolute Gasteiger partial charge is 0.434 e. The van der Waals surface area contributed by atoms with Gasteiger partial charge in [0.1, 0.15) is 0 Å². The molecule has 1 aromatic rings.